The fourth-order valence-electron chi connectivity index (χ4n) is 3.87. The van der Waals surface area contributed by atoms with Gasteiger partial charge in [-0.2, -0.15) is 0 Å². The van der Waals surface area contributed by atoms with E-state index in [9.17, 15) is 9.90 Å². The minimum atomic E-state index is -0.174. The van der Waals surface area contributed by atoms with Crippen LogP contribution in [-0.2, 0) is 4.74 Å². The third kappa shape index (κ3) is 4.10. The summed E-state index contributed by atoms with van der Waals surface area (Å²) in [5.74, 6) is 0. The Morgan fingerprint density at radius 1 is 1.00 bits per heavy atom. The smallest absolute Gasteiger partial charge is 0.409 e. The van der Waals surface area contributed by atoms with E-state index in [1.54, 1.807) is 4.90 Å². The summed E-state index contributed by atoms with van der Waals surface area (Å²) in [7, 11) is 1.44. The van der Waals surface area contributed by atoms with Gasteiger partial charge in [-0.3, -0.25) is 4.90 Å². The monoisotopic (exact) mass is 298 g/mol. The molecular weight excluding hydrogens is 268 g/mol. The van der Waals surface area contributed by atoms with Crippen LogP contribution in [0.1, 0.15) is 51.4 Å². The summed E-state index contributed by atoms with van der Waals surface area (Å²) in [6.07, 6.45) is 9.59. The maximum atomic E-state index is 11.0. The Morgan fingerprint density at radius 3 is 2.00 bits per heavy atom. The van der Waals surface area contributed by atoms with Gasteiger partial charge in [0.25, 0.3) is 0 Å². The summed E-state index contributed by atoms with van der Waals surface area (Å²) >= 11 is 0. The van der Waals surface area contributed by atoms with Crippen molar-refractivity contribution in [2.75, 3.05) is 39.9 Å². The summed E-state index contributed by atoms with van der Waals surface area (Å²) in [4.78, 5) is 15.3. The molecule has 5 heteroatoms. The lowest BCUT2D eigenvalue weighted by molar-refractivity contribution is 0.0999. The van der Waals surface area contributed by atoms with Crippen molar-refractivity contribution in [2.24, 2.45) is 0 Å². The van der Waals surface area contributed by atoms with E-state index in [-0.39, 0.29) is 11.6 Å². The predicted octanol–water partition coefficient (Wildman–Crippen LogP) is 2.24. The first kappa shape index (κ1) is 16.6. The Hall–Kier alpha value is -0.810. The van der Waals surface area contributed by atoms with Crippen LogP contribution in [0.25, 0.3) is 0 Å². The fourth-order valence-corrected chi connectivity index (χ4v) is 3.87. The molecule has 0 aromatic heterocycles. The van der Waals surface area contributed by atoms with Crippen molar-refractivity contribution in [1.82, 2.24) is 9.80 Å². The Kier molecular flexibility index (Phi) is 6.30. The summed E-state index contributed by atoms with van der Waals surface area (Å²) in [5, 5.41) is 9.19. The van der Waals surface area contributed by atoms with Gasteiger partial charge in [-0.25, -0.2) is 4.79 Å². The van der Waals surface area contributed by atoms with Crippen LogP contribution in [0, 0.1) is 0 Å². The molecule has 0 aliphatic carbocycles. The van der Waals surface area contributed by atoms with E-state index in [1.807, 2.05) is 0 Å². The number of likely N-dealkylation sites (tertiary alicyclic amines) is 1. The molecule has 0 aromatic carbocycles. The molecule has 3 fully saturated rings. The van der Waals surface area contributed by atoms with Gasteiger partial charge >= 0.3 is 6.09 Å². The van der Waals surface area contributed by atoms with Gasteiger partial charge < -0.3 is 14.7 Å². The topological polar surface area (TPSA) is 53.0 Å². The van der Waals surface area contributed by atoms with Crippen molar-refractivity contribution in [1.29, 1.82) is 0 Å². The minimum absolute atomic E-state index is 0.174. The molecule has 3 rings (SSSR count). The van der Waals surface area contributed by atoms with Crippen molar-refractivity contribution < 1.29 is 14.6 Å². The van der Waals surface area contributed by atoms with Crippen LogP contribution in [0.15, 0.2) is 0 Å². The second-order valence-electron chi connectivity index (χ2n) is 6.45. The van der Waals surface area contributed by atoms with Gasteiger partial charge in [0.2, 0.25) is 0 Å². The number of fused-ring (bicyclic) bond motifs is 1. The highest BCUT2D eigenvalue weighted by Crippen LogP contribution is 2.37. The van der Waals surface area contributed by atoms with Crippen LogP contribution < -0.4 is 0 Å². The van der Waals surface area contributed by atoms with Crippen LogP contribution >= 0.6 is 0 Å². The quantitative estimate of drug-likeness (QED) is 0.806. The third-order valence-corrected chi connectivity index (χ3v) is 5.14. The van der Waals surface area contributed by atoms with E-state index in [1.165, 1.54) is 58.7 Å². The molecule has 122 valence electrons. The molecular formula is C16H30N2O3. The van der Waals surface area contributed by atoms with E-state index in [2.05, 4.69) is 9.64 Å². The molecule has 0 saturated carbocycles. The number of carbonyl (C=O) groups excluding carboxylic acids is 1. The predicted molar refractivity (Wildman–Crippen MR) is 82.3 cm³/mol. The maximum Gasteiger partial charge on any atom is 0.409 e. The number of hydrogen-bond donors (Lipinski definition) is 1. The Bertz CT molecular complexity index is 317. The number of hydrogen-bond acceptors (Lipinski definition) is 4. The number of ether oxygens (including phenoxy) is 1. The van der Waals surface area contributed by atoms with Crippen molar-refractivity contribution in [3.63, 3.8) is 0 Å². The van der Waals surface area contributed by atoms with E-state index >= 15 is 0 Å². The number of nitrogens with zero attached hydrogens (tertiary/aromatic N) is 2. The molecule has 0 spiro atoms. The zero-order valence-corrected chi connectivity index (χ0v) is 13.4. The zero-order chi connectivity index (χ0) is 15.1. The van der Waals surface area contributed by atoms with Crippen LogP contribution in [0.5, 0.6) is 0 Å². The SMILES string of the molecule is COC(=O)N1CCCCCC1.OCC12CCCN1CCC2. The fraction of sp³-hybridized carbons (Fsp3) is 0.938. The normalized spacial score (nSPS) is 24.8. The molecule has 3 aliphatic rings. The van der Waals surface area contributed by atoms with Gasteiger partial charge in [0.15, 0.2) is 0 Å². The number of aliphatic hydroxyl groups is 1. The first-order chi connectivity index (χ1) is 10.2. The standard InChI is InChI=1S/C8H15NO2.C8H15NO/c1-11-8(10)9-6-4-2-3-5-7-9;10-7-8-3-1-5-9(8)6-2-4-8/h2-7H2,1H3;10H,1-7H2. The third-order valence-electron chi connectivity index (χ3n) is 5.14. The molecule has 0 bridgehead atoms. The molecule has 0 atom stereocenters. The van der Waals surface area contributed by atoms with E-state index in [4.69, 9.17) is 0 Å². The zero-order valence-electron chi connectivity index (χ0n) is 13.4. The molecule has 0 aromatic rings. The van der Waals surface area contributed by atoms with Gasteiger partial charge in [-0.15, -0.1) is 0 Å². The molecule has 0 unspecified atom stereocenters. The second kappa shape index (κ2) is 7.99. The van der Waals surface area contributed by atoms with E-state index in [0.717, 1.165) is 25.9 Å². The molecule has 0 radical (unpaired) electrons. The van der Waals surface area contributed by atoms with Crippen molar-refractivity contribution in [2.45, 2.75) is 56.9 Å². The van der Waals surface area contributed by atoms with Gasteiger partial charge in [-0.05, 0) is 51.6 Å². The van der Waals surface area contributed by atoms with Crippen molar-refractivity contribution >= 4 is 6.09 Å². The largest absolute Gasteiger partial charge is 0.453 e. The number of methoxy groups -OCH3 is 1. The average Bonchev–Trinajstić information content (AvgIpc) is 2.97. The Labute approximate surface area is 128 Å². The van der Waals surface area contributed by atoms with Crippen LogP contribution in [0.2, 0.25) is 0 Å². The van der Waals surface area contributed by atoms with Crippen LogP contribution in [0.4, 0.5) is 4.79 Å². The lowest BCUT2D eigenvalue weighted by Crippen LogP contribution is -2.41. The lowest BCUT2D eigenvalue weighted by atomic mass is 9.96. The average molecular weight is 298 g/mol. The number of amides is 1. The maximum absolute atomic E-state index is 11.0. The summed E-state index contributed by atoms with van der Waals surface area (Å²) in [6.45, 7) is 4.56. The number of rotatable bonds is 1. The Morgan fingerprint density at radius 2 is 1.57 bits per heavy atom. The van der Waals surface area contributed by atoms with Crippen molar-refractivity contribution in [3.8, 4) is 0 Å². The minimum Gasteiger partial charge on any atom is -0.453 e. The van der Waals surface area contributed by atoms with E-state index < -0.39 is 0 Å². The number of aliphatic hydroxyl groups excluding tert-OH is 1. The lowest BCUT2D eigenvalue weighted by Gasteiger charge is -2.29. The number of carbonyl (C=O) groups is 1. The molecule has 3 saturated heterocycles. The van der Waals surface area contributed by atoms with Gasteiger partial charge in [0.1, 0.15) is 0 Å². The molecule has 3 heterocycles. The summed E-state index contributed by atoms with van der Waals surface area (Å²) < 4.78 is 4.63. The molecule has 1 amide bonds. The van der Waals surface area contributed by atoms with Gasteiger partial charge in [0.05, 0.1) is 13.7 Å². The molecule has 3 aliphatic heterocycles. The van der Waals surface area contributed by atoms with Crippen LogP contribution in [-0.4, -0.2) is 66.4 Å². The first-order valence-corrected chi connectivity index (χ1v) is 8.41. The highest BCUT2D eigenvalue weighted by Gasteiger charge is 2.43. The highest BCUT2D eigenvalue weighted by molar-refractivity contribution is 5.67. The molecule has 21 heavy (non-hydrogen) atoms. The summed E-state index contributed by atoms with van der Waals surface area (Å²) in [5.41, 5.74) is 0.236. The molecule has 5 nitrogen and oxygen atoms in total. The van der Waals surface area contributed by atoms with Gasteiger partial charge in [-0.1, -0.05) is 12.8 Å². The summed E-state index contributed by atoms with van der Waals surface area (Å²) in [6, 6.07) is 0. The first-order valence-electron chi connectivity index (χ1n) is 8.41. The second-order valence-corrected chi connectivity index (χ2v) is 6.45. The molecule has 1 N–H and O–H groups in total. The Balaban J connectivity index is 0.000000154. The van der Waals surface area contributed by atoms with E-state index in [0.29, 0.717) is 6.61 Å². The van der Waals surface area contributed by atoms with Gasteiger partial charge in [0, 0.05) is 18.6 Å². The van der Waals surface area contributed by atoms with Crippen LogP contribution in [0.3, 0.4) is 0 Å². The van der Waals surface area contributed by atoms with Crippen molar-refractivity contribution in [3.05, 3.63) is 0 Å². The highest BCUT2D eigenvalue weighted by atomic mass is 16.5.